The van der Waals surface area contributed by atoms with Crippen molar-refractivity contribution in [2.45, 2.75) is 33.8 Å². The summed E-state index contributed by atoms with van der Waals surface area (Å²) >= 11 is 0. The van der Waals surface area contributed by atoms with Crippen molar-refractivity contribution in [2.75, 3.05) is 13.2 Å². The van der Waals surface area contributed by atoms with Crippen LogP contribution in [0.4, 0.5) is 0 Å². The zero-order valence-corrected chi connectivity index (χ0v) is 8.78. The summed E-state index contributed by atoms with van der Waals surface area (Å²) in [6.45, 7) is 7.31. The fourth-order valence-corrected chi connectivity index (χ4v) is 0.309. The van der Waals surface area contributed by atoms with Gasteiger partial charge in [0.1, 0.15) is 0 Å². The maximum Gasteiger partial charge on any atom is 0.308 e. The van der Waals surface area contributed by atoms with Gasteiger partial charge in [0, 0.05) is 0 Å². The van der Waals surface area contributed by atoms with E-state index < -0.39 is 6.10 Å². The summed E-state index contributed by atoms with van der Waals surface area (Å²) in [7, 11) is 0. The van der Waals surface area contributed by atoms with Gasteiger partial charge in [0.05, 0.1) is 25.2 Å². The summed E-state index contributed by atoms with van der Waals surface area (Å²) in [5.74, 6) is -0.109. The van der Waals surface area contributed by atoms with Crippen molar-refractivity contribution in [2.24, 2.45) is 5.92 Å². The first-order valence-electron chi connectivity index (χ1n) is 4.41. The van der Waals surface area contributed by atoms with Gasteiger partial charge in [-0.2, -0.15) is 0 Å². The molecule has 0 saturated heterocycles. The van der Waals surface area contributed by atoms with Crippen LogP contribution in [0.5, 0.6) is 0 Å². The number of esters is 1. The number of carbonyl (C=O) groups excluding carboxylic acids is 1. The van der Waals surface area contributed by atoms with Crippen LogP contribution in [-0.2, 0) is 9.53 Å². The van der Waals surface area contributed by atoms with Gasteiger partial charge in [-0.05, 0) is 13.8 Å². The van der Waals surface area contributed by atoms with Crippen LogP contribution in [0.25, 0.3) is 0 Å². The highest BCUT2D eigenvalue weighted by Gasteiger charge is 2.04. The largest absolute Gasteiger partial charge is 0.466 e. The Balaban J connectivity index is 0. The molecular weight excluding hydrogens is 172 g/mol. The molecule has 0 spiro atoms. The second-order valence-corrected chi connectivity index (χ2v) is 2.94. The molecule has 0 aliphatic carbocycles. The van der Waals surface area contributed by atoms with E-state index in [0.717, 1.165) is 0 Å². The monoisotopic (exact) mass is 192 g/mol. The maximum atomic E-state index is 10.5. The Morgan fingerprint density at radius 3 is 1.85 bits per heavy atom. The lowest BCUT2D eigenvalue weighted by atomic mass is 10.2. The summed E-state index contributed by atoms with van der Waals surface area (Å²) in [5.41, 5.74) is 0. The van der Waals surface area contributed by atoms with E-state index in [0.29, 0.717) is 6.61 Å². The molecule has 0 saturated carbocycles. The van der Waals surface area contributed by atoms with E-state index in [-0.39, 0.29) is 18.5 Å². The SMILES string of the molecule is CC(O)CO.CCOC(=O)C(C)C. The predicted molar refractivity (Wildman–Crippen MR) is 50.2 cm³/mol. The molecule has 0 heterocycles. The number of aliphatic hydroxyl groups excluding tert-OH is 2. The average molecular weight is 192 g/mol. The Morgan fingerprint density at radius 2 is 1.77 bits per heavy atom. The Morgan fingerprint density at radius 1 is 1.38 bits per heavy atom. The van der Waals surface area contributed by atoms with Gasteiger partial charge in [-0.3, -0.25) is 4.79 Å². The third-order valence-electron chi connectivity index (χ3n) is 1.02. The van der Waals surface area contributed by atoms with Gasteiger partial charge in [0.15, 0.2) is 0 Å². The number of rotatable bonds is 3. The van der Waals surface area contributed by atoms with Crippen molar-refractivity contribution in [3.05, 3.63) is 0 Å². The molecule has 0 amide bonds. The second-order valence-electron chi connectivity index (χ2n) is 2.94. The molecule has 13 heavy (non-hydrogen) atoms. The van der Waals surface area contributed by atoms with Crippen LogP contribution >= 0.6 is 0 Å². The molecule has 4 heteroatoms. The molecule has 80 valence electrons. The molecule has 0 aliphatic heterocycles. The molecule has 0 bridgehead atoms. The van der Waals surface area contributed by atoms with Gasteiger partial charge in [0.2, 0.25) is 0 Å². The number of hydrogen-bond acceptors (Lipinski definition) is 4. The van der Waals surface area contributed by atoms with Crippen LogP contribution in [0, 0.1) is 5.92 Å². The molecule has 0 aromatic carbocycles. The normalized spacial score (nSPS) is 11.6. The van der Waals surface area contributed by atoms with Crippen LogP contribution in [0.2, 0.25) is 0 Å². The zero-order valence-electron chi connectivity index (χ0n) is 8.78. The van der Waals surface area contributed by atoms with Crippen LogP contribution in [-0.4, -0.2) is 35.5 Å². The van der Waals surface area contributed by atoms with E-state index in [1.165, 1.54) is 6.92 Å². The van der Waals surface area contributed by atoms with Crippen molar-refractivity contribution in [3.8, 4) is 0 Å². The minimum Gasteiger partial charge on any atom is -0.466 e. The molecule has 0 aromatic heterocycles. The van der Waals surface area contributed by atoms with E-state index in [4.69, 9.17) is 10.2 Å². The van der Waals surface area contributed by atoms with Crippen molar-refractivity contribution in [1.29, 1.82) is 0 Å². The van der Waals surface area contributed by atoms with E-state index in [2.05, 4.69) is 4.74 Å². The molecule has 0 rings (SSSR count). The van der Waals surface area contributed by atoms with Crippen molar-refractivity contribution in [3.63, 3.8) is 0 Å². The lowest BCUT2D eigenvalue weighted by Gasteiger charge is -2.01. The van der Waals surface area contributed by atoms with E-state index >= 15 is 0 Å². The summed E-state index contributed by atoms with van der Waals surface area (Å²) < 4.78 is 4.66. The lowest BCUT2D eigenvalue weighted by molar-refractivity contribution is -0.146. The highest BCUT2D eigenvalue weighted by atomic mass is 16.5. The van der Waals surface area contributed by atoms with Gasteiger partial charge in [0.25, 0.3) is 0 Å². The summed E-state index contributed by atoms with van der Waals surface area (Å²) in [6.07, 6.45) is -0.560. The molecule has 0 radical (unpaired) electrons. The van der Waals surface area contributed by atoms with E-state index in [1.54, 1.807) is 6.92 Å². The first-order valence-corrected chi connectivity index (χ1v) is 4.41. The quantitative estimate of drug-likeness (QED) is 0.641. The third kappa shape index (κ3) is 14.3. The van der Waals surface area contributed by atoms with Gasteiger partial charge >= 0.3 is 5.97 Å². The predicted octanol–water partition coefficient (Wildman–Crippen LogP) is 0.565. The number of hydrogen-bond donors (Lipinski definition) is 2. The topological polar surface area (TPSA) is 66.8 Å². The van der Waals surface area contributed by atoms with Crippen LogP contribution in [0.3, 0.4) is 0 Å². The highest BCUT2D eigenvalue weighted by molar-refractivity contribution is 5.71. The van der Waals surface area contributed by atoms with E-state index in [9.17, 15) is 4.79 Å². The number of ether oxygens (including phenoxy) is 1. The minimum atomic E-state index is -0.560. The van der Waals surface area contributed by atoms with Gasteiger partial charge in [-0.15, -0.1) is 0 Å². The number of aliphatic hydroxyl groups is 2. The number of carbonyl (C=O) groups is 1. The van der Waals surface area contributed by atoms with Crippen LogP contribution < -0.4 is 0 Å². The van der Waals surface area contributed by atoms with Crippen molar-refractivity contribution < 1.29 is 19.7 Å². The summed E-state index contributed by atoms with van der Waals surface area (Å²) in [6, 6.07) is 0. The minimum absolute atomic E-state index is 0.00921. The Bertz CT molecular complexity index is 121. The van der Waals surface area contributed by atoms with Gasteiger partial charge in [-0.25, -0.2) is 0 Å². The fourth-order valence-electron chi connectivity index (χ4n) is 0.309. The zero-order chi connectivity index (χ0) is 10.9. The molecule has 0 aromatic rings. The third-order valence-corrected chi connectivity index (χ3v) is 1.02. The van der Waals surface area contributed by atoms with Crippen LogP contribution in [0.15, 0.2) is 0 Å². The molecule has 1 unspecified atom stereocenters. The molecular formula is C9H20O4. The maximum absolute atomic E-state index is 10.5. The van der Waals surface area contributed by atoms with Crippen LogP contribution in [0.1, 0.15) is 27.7 Å². The Labute approximate surface area is 79.5 Å². The molecule has 0 fully saturated rings. The fraction of sp³-hybridized carbons (Fsp3) is 0.889. The van der Waals surface area contributed by atoms with E-state index in [1.807, 2.05) is 13.8 Å². The second kappa shape index (κ2) is 9.48. The first-order chi connectivity index (χ1) is 5.95. The van der Waals surface area contributed by atoms with Gasteiger partial charge in [-0.1, -0.05) is 13.8 Å². The highest BCUT2D eigenvalue weighted by Crippen LogP contribution is 1.93. The van der Waals surface area contributed by atoms with Crippen molar-refractivity contribution in [1.82, 2.24) is 0 Å². The molecule has 4 nitrogen and oxygen atoms in total. The van der Waals surface area contributed by atoms with Gasteiger partial charge < -0.3 is 14.9 Å². The lowest BCUT2D eigenvalue weighted by Crippen LogP contribution is -2.10. The first kappa shape index (κ1) is 14.9. The molecule has 2 N–H and O–H groups in total. The average Bonchev–Trinajstić information content (AvgIpc) is 2.06. The Kier molecular flexibility index (Phi) is 10.9. The molecule has 1 atom stereocenters. The summed E-state index contributed by atoms with van der Waals surface area (Å²) in [4.78, 5) is 10.5. The Hall–Kier alpha value is -0.610. The summed E-state index contributed by atoms with van der Waals surface area (Å²) in [5, 5.41) is 16.0. The standard InChI is InChI=1S/C6H12O2.C3H8O2/c1-4-8-6(7)5(2)3;1-3(5)2-4/h5H,4H2,1-3H3;3-5H,2H2,1H3. The molecule has 0 aliphatic rings. The smallest absolute Gasteiger partial charge is 0.308 e. The van der Waals surface area contributed by atoms with Crippen molar-refractivity contribution >= 4 is 5.97 Å².